The van der Waals surface area contributed by atoms with Gasteiger partial charge in [-0.15, -0.1) is 0 Å². The van der Waals surface area contributed by atoms with Gasteiger partial charge in [0.15, 0.2) is 0 Å². The van der Waals surface area contributed by atoms with Gasteiger partial charge in [0, 0.05) is 57.3 Å². The highest BCUT2D eigenvalue weighted by Gasteiger charge is 2.15. The zero-order chi connectivity index (χ0) is 44.1. The van der Waals surface area contributed by atoms with E-state index in [0.29, 0.717) is 50.2 Å². The Hall–Kier alpha value is -7.67. The van der Waals surface area contributed by atoms with Gasteiger partial charge >= 0.3 is 17.9 Å². The Labute approximate surface area is 362 Å². The third-order valence-corrected chi connectivity index (χ3v) is 10.4. The number of rotatable bonds is 20. The van der Waals surface area contributed by atoms with Gasteiger partial charge in [0.1, 0.15) is 35.3 Å². The summed E-state index contributed by atoms with van der Waals surface area (Å²) in [5.74, 6) is 0.130. The van der Waals surface area contributed by atoms with Crippen LogP contribution in [0.15, 0.2) is 133 Å². The van der Waals surface area contributed by atoms with Gasteiger partial charge in [-0.1, -0.05) is 48.5 Å². The summed E-state index contributed by atoms with van der Waals surface area (Å²) in [4.78, 5) is 33.5. The van der Waals surface area contributed by atoms with Crippen LogP contribution in [0.5, 0.6) is 28.7 Å². The third-order valence-electron chi connectivity index (χ3n) is 10.4. The number of hydrogen-bond acceptors (Lipinski definition) is 8. The Morgan fingerprint density at radius 1 is 0.444 bits per heavy atom. The zero-order valence-corrected chi connectivity index (χ0v) is 34.5. The first-order valence-electron chi connectivity index (χ1n) is 20.7. The minimum atomic E-state index is -0.983. The molecule has 0 spiro atoms. The van der Waals surface area contributed by atoms with Crippen LogP contribution in [0.25, 0.3) is 43.6 Å². The molecular weight excluding hydrogens is 805 g/mol. The van der Waals surface area contributed by atoms with Crippen LogP contribution in [0.4, 0.5) is 0 Å². The predicted molar refractivity (Wildman–Crippen MR) is 241 cm³/mol. The van der Waals surface area contributed by atoms with Gasteiger partial charge in [-0.2, -0.15) is 0 Å². The molecule has 0 aliphatic heterocycles. The monoisotopic (exact) mass is 852 g/mol. The summed E-state index contributed by atoms with van der Waals surface area (Å²) in [6.45, 7) is 2.35. The number of hydrogen-bond donors (Lipinski definition) is 4. The van der Waals surface area contributed by atoms with Crippen LogP contribution >= 0.6 is 0 Å². The number of aromatic nitrogens is 2. The van der Waals surface area contributed by atoms with E-state index in [4.69, 9.17) is 29.2 Å². The molecule has 2 heterocycles. The second kappa shape index (κ2) is 20.7. The maximum absolute atomic E-state index is 11.4. The summed E-state index contributed by atoms with van der Waals surface area (Å²) in [6.07, 6.45) is 3.24. The molecule has 0 fully saturated rings. The second-order valence-electron chi connectivity index (χ2n) is 14.8. The first kappa shape index (κ1) is 43.4. The van der Waals surface area contributed by atoms with E-state index in [-0.39, 0.29) is 24.3 Å². The van der Waals surface area contributed by atoms with Gasteiger partial charge in [-0.05, 0) is 92.4 Å². The van der Waals surface area contributed by atoms with Crippen LogP contribution in [0, 0.1) is 0 Å². The van der Waals surface area contributed by atoms with Crippen molar-refractivity contribution in [3.63, 3.8) is 0 Å². The van der Waals surface area contributed by atoms with E-state index < -0.39 is 17.9 Å². The molecule has 2 aromatic heterocycles. The number of phenolic OH excluding ortho intramolecular Hbond substituents is 1. The molecule has 0 saturated carbocycles. The minimum Gasteiger partial charge on any atom is -0.508 e. The summed E-state index contributed by atoms with van der Waals surface area (Å²) in [5.41, 5.74) is 3.91. The Morgan fingerprint density at radius 3 is 1.41 bits per heavy atom. The van der Waals surface area contributed by atoms with Crippen molar-refractivity contribution in [2.24, 2.45) is 0 Å². The van der Waals surface area contributed by atoms with Crippen LogP contribution < -0.4 is 18.9 Å². The van der Waals surface area contributed by atoms with Crippen molar-refractivity contribution in [1.82, 2.24) is 9.13 Å². The molecule has 0 bridgehead atoms. The number of carbonyl (C=O) groups is 3. The fourth-order valence-corrected chi connectivity index (χ4v) is 7.45. The SMILES string of the molecule is O=C(O)CCn1c2ccccc2c2ccc(OCCCCOc3cccc(O)c3)cc21.O=C(O)Cn1c2ccccc2c2ccc(OCCCCOc3cccc(C(=O)O)c3)cc21. The van der Waals surface area contributed by atoms with Gasteiger partial charge in [-0.3, -0.25) is 9.59 Å². The lowest BCUT2D eigenvalue weighted by Crippen LogP contribution is -2.08. The van der Waals surface area contributed by atoms with Crippen molar-refractivity contribution in [3.05, 3.63) is 139 Å². The number of aromatic hydroxyl groups is 1. The van der Waals surface area contributed by atoms with E-state index in [1.54, 1.807) is 34.9 Å². The molecule has 8 aromatic rings. The lowest BCUT2D eigenvalue weighted by molar-refractivity contribution is -0.138. The number of aromatic carboxylic acids is 1. The Kier molecular flexibility index (Phi) is 14.3. The molecule has 63 heavy (non-hydrogen) atoms. The van der Waals surface area contributed by atoms with Crippen LogP contribution in [-0.4, -0.2) is 73.9 Å². The number of carboxylic acid groups (broad SMARTS) is 3. The third kappa shape index (κ3) is 11.2. The average Bonchev–Trinajstić information content (AvgIpc) is 3.76. The molecule has 0 radical (unpaired) electrons. The lowest BCUT2D eigenvalue weighted by Gasteiger charge is -2.09. The molecule has 0 unspecified atom stereocenters. The molecule has 0 amide bonds. The quantitative estimate of drug-likeness (QED) is 0.0536. The Morgan fingerprint density at radius 2 is 0.905 bits per heavy atom. The number of benzene rings is 6. The van der Waals surface area contributed by atoms with E-state index in [2.05, 4.69) is 10.6 Å². The second-order valence-corrected chi connectivity index (χ2v) is 14.8. The first-order chi connectivity index (χ1) is 30.6. The molecule has 6 aromatic carbocycles. The van der Waals surface area contributed by atoms with Crippen molar-refractivity contribution >= 4 is 61.5 Å². The smallest absolute Gasteiger partial charge is 0.335 e. The summed E-state index contributed by atoms with van der Waals surface area (Å²) in [6, 6.07) is 40.7. The van der Waals surface area contributed by atoms with Gasteiger partial charge in [0.05, 0.1) is 49.4 Å². The van der Waals surface area contributed by atoms with Gasteiger partial charge in [0.2, 0.25) is 0 Å². The topological polar surface area (TPSA) is 179 Å². The van der Waals surface area contributed by atoms with E-state index in [0.717, 1.165) is 75.0 Å². The van der Waals surface area contributed by atoms with Crippen molar-refractivity contribution in [3.8, 4) is 28.7 Å². The summed E-state index contributed by atoms with van der Waals surface area (Å²) in [7, 11) is 0. The van der Waals surface area contributed by atoms with Crippen LogP contribution in [0.3, 0.4) is 0 Å². The molecule has 0 aliphatic carbocycles. The molecule has 8 rings (SSSR count). The average molecular weight is 853 g/mol. The van der Waals surface area contributed by atoms with Crippen molar-refractivity contribution < 1.29 is 53.8 Å². The van der Waals surface area contributed by atoms with E-state index >= 15 is 0 Å². The normalized spacial score (nSPS) is 11.0. The highest BCUT2D eigenvalue weighted by molar-refractivity contribution is 6.09. The fourth-order valence-electron chi connectivity index (χ4n) is 7.45. The Bertz CT molecular complexity index is 2860. The van der Waals surface area contributed by atoms with Crippen LogP contribution in [0.2, 0.25) is 0 Å². The molecule has 0 aliphatic rings. The maximum atomic E-state index is 11.4. The number of carboxylic acids is 3. The van der Waals surface area contributed by atoms with E-state index in [1.807, 2.05) is 84.9 Å². The van der Waals surface area contributed by atoms with Crippen LogP contribution in [-0.2, 0) is 22.7 Å². The maximum Gasteiger partial charge on any atom is 0.335 e. The molecule has 13 heteroatoms. The molecule has 324 valence electrons. The van der Waals surface area contributed by atoms with E-state index in [9.17, 15) is 24.6 Å². The minimum absolute atomic E-state index is 0.0675. The summed E-state index contributed by atoms with van der Waals surface area (Å²) >= 11 is 0. The number of aryl methyl sites for hydroxylation is 1. The standard InChI is InChI=1S/C25H23NO6.C25H25NO5/c27-24(28)16-26-22-9-2-1-8-20(22)21-11-10-19(15-23(21)26)32-13-4-3-12-31-18-7-5-6-17(14-18)25(29)30;27-18-6-5-7-19(16-18)30-14-3-4-15-31-20-10-11-22-21-8-1-2-9-23(21)26(24(22)17-20)13-12-25(28)29/h1-2,5-11,14-15H,3-4,12-13,16H2,(H,27,28)(H,29,30);1-2,5-11,16-17,27H,3-4,12-15H2,(H,28,29). The summed E-state index contributed by atoms with van der Waals surface area (Å²) in [5, 5.41) is 41.1. The van der Waals surface area contributed by atoms with Crippen molar-refractivity contribution in [2.75, 3.05) is 26.4 Å². The number of unbranched alkanes of at least 4 members (excludes halogenated alkanes) is 2. The number of phenols is 1. The van der Waals surface area contributed by atoms with Crippen molar-refractivity contribution in [2.45, 2.75) is 45.2 Å². The molecule has 4 N–H and O–H groups in total. The van der Waals surface area contributed by atoms with Gasteiger partial charge in [-0.25, -0.2) is 4.79 Å². The Balaban J connectivity index is 0.000000189. The van der Waals surface area contributed by atoms with E-state index in [1.165, 1.54) is 12.1 Å². The molecule has 0 atom stereocenters. The fraction of sp³-hybridized carbons (Fsp3) is 0.220. The predicted octanol–water partition coefficient (Wildman–Crippen LogP) is 10.0. The number of aliphatic carboxylic acids is 2. The zero-order valence-electron chi connectivity index (χ0n) is 34.5. The highest BCUT2D eigenvalue weighted by atomic mass is 16.5. The van der Waals surface area contributed by atoms with Crippen molar-refractivity contribution in [1.29, 1.82) is 0 Å². The molecule has 13 nitrogen and oxygen atoms in total. The lowest BCUT2D eigenvalue weighted by atomic mass is 10.1. The largest absolute Gasteiger partial charge is 0.508 e. The van der Waals surface area contributed by atoms with Gasteiger partial charge < -0.3 is 48.5 Å². The highest BCUT2D eigenvalue weighted by Crippen LogP contribution is 2.33. The number of nitrogens with zero attached hydrogens (tertiary/aromatic N) is 2. The summed E-state index contributed by atoms with van der Waals surface area (Å²) < 4.78 is 26.9. The number of ether oxygens (including phenoxy) is 4. The molecule has 0 saturated heterocycles. The van der Waals surface area contributed by atoms with Crippen LogP contribution in [0.1, 0.15) is 42.5 Å². The van der Waals surface area contributed by atoms with Gasteiger partial charge in [0.25, 0.3) is 0 Å². The molecular formula is C50H48N2O11. The number of para-hydroxylation sites is 2. The first-order valence-corrected chi connectivity index (χ1v) is 20.7. The number of fused-ring (bicyclic) bond motifs is 6.